The Balaban J connectivity index is 3.80. The molecule has 0 radical (unpaired) electrons. The topological polar surface area (TPSA) is 38.3 Å². The lowest BCUT2D eigenvalue weighted by molar-refractivity contribution is -0.129. The lowest BCUT2D eigenvalue weighted by atomic mass is 10.0. The second-order valence-electron chi connectivity index (χ2n) is 5.02. The SMILES string of the molecule is CCCCCC(C=O)ONC(C)(C)CCC. The van der Waals surface area contributed by atoms with Crippen molar-refractivity contribution in [3.8, 4) is 0 Å². The van der Waals surface area contributed by atoms with Crippen molar-refractivity contribution in [2.24, 2.45) is 0 Å². The number of carbonyl (C=O) groups is 1. The third-order valence-electron chi connectivity index (χ3n) is 2.61. The molecule has 1 N–H and O–H groups in total. The fraction of sp³-hybridized carbons (Fsp3) is 0.923. The highest BCUT2D eigenvalue weighted by Gasteiger charge is 2.18. The summed E-state index contributed by atoms with van der Waals surface area (Å²) in [5.74, 6) is 0. The van der Waals surface area contributed by atoms with Gasteiger partial charge in [0.25, 0.3) is 0 Å². The molecule has 1 atom stereocenters. The Bertz CT molecular complexity index is 181. The van der Waals surface area contributed by atoms with E-state index in [1.165, 1.54) is 6.42 Å². The Kier molecular flexibility index (Phi) is 8.49. The number of hydrogen-bond acceptors (Lipinski definition) is 3. The van der Waals surface area contributed by atoms with Crippen LogP contribution in [0.4, 0.5) is 0 Å². The molecule has 0 aromatic heterocycles. The van der Waals surface area contributed by atoms with Crippen LogP contribution in [0.2, 0.25) is 0 Å². The first-order chi connectivity index (χ1) is 7.55. The minimum atomic E-state index is -0.303. The molecule has 0 aromatic carbocycles. The maximum absolute atomic E-state index is 10.8. The second-order valence-corrected chi connectivity index (χ2v) is 5.02. The average molecular weight is 229 g/mol. The van der Waals surface area contributed by atoms with E-state index >= 15 is 0 Å². The minimum absolute atomic E-state index is 0.0548. The lowest BCUT2D eigenvalue weighted by Crippen LogP contribution is -2.41. The number of unbranched alkanes of at least 4 members (excludes halogenated alkanes) is 2. The Hall–Kier alpha value is -0.410. The Morgan fingerprint density at radius 1 is 1.25 bits per heavy atom. The number of carbonyl (C=O) groups excluding carboxylic acids is 1. The molecule has 0 saturated heterocycles. The van der Waals surface area contributed by atoms with Crippen LogP contribution >= 0.6 is 0 Å². The summed E-state index contributed by atoms with van der Waals surface area (Å²) in [7, 11) is 0. The molecule has 0 aliphatic heterocycles. The molecule has 0 aliphatic carbocycles. The summed E-state index contributed by atoms with van der Waals surface area (Å²) >= 11 is 0. The summed E-state index contributed by atoms with van der Waals surface area (Å²) in [6.07, 6.45) is 6.92. The summed E-state index contributed by atoms with van der Waals surface area (Å²) in [5, 5.41) is 0. The van der Waals surface area contributed by atoms with E-state index in [1.807, 2.05) is 0 Å². The summed E-state index contributed by atoms with van der Waals surface area (Å²) in [6, 6.07) is 0. The van der Waals surface area contributed by atoms with E-state index in [9.17, 15) is 4.79 Å². The Labute approximate surface area is 99.9 Å². The summed E-state index contributed by atoms with van der Waals surface area (Å²) in [4.78, 5) is 16.2. The van der Waals surface area contributed by atoms with Crippen LogP contribution in [0.1, 0.15) is 66.2 Å². The maximum atomic E-state index is 10.8. The van der Waals surface area contributed by atoms with Gasteiger partial charge in [-0.2, -0.15) is 5.48 Å². The van der Waals surface area contributed by atoms with Crippen LogP contribution in [0.15, 0.2) is 0 Å². The standard InChI is InChI=1S/C13H27NO2/c1-5-7-8-9-12(11-15)16-14-13(3,4)10-6-2/h11-12,14H,5-10H2,1-4H3. The molecule has 1 unspecified atom stereocenters. The van der Waals surface area contributed by atoms with Gasteiger partial charge in [0.1, 0.15) is 6.10 Å². The maximum Gasteiger partial charge on any atom is 0.150 e. The van der Waals surface area contributed by atoms with Gasteiger partial charge in [-0.15, -0.1) is 0 Å². The van der Waals surface area contributed by atoms with Gasteiger partial charge in [-0.3, -0.25) is 4.84 Å². The third kappa shape index (κ3) is 7.83. The van der Waals surface area contributed by atoms with Crippen LogP contribution in [0.25, 0.3) is 0 Å². The molecule has 0 aliphatic rings. The van der Waals surface area contributed by atoms with E-state index in [1.54, 1.807) is 0 Å². The second kappa shape index (κ2) is 8.71. The van der Waals surface area contributed by atoms with E-state index in [0.717, 1.165) is 38.4 Å². The van der Waals surface area contributed by atoms with Crippen molar-refractivity contribution in [2.75, 3.05) is 0 Å². The molecule has 0 amide bonds. The van der Waals surface area contributed by atoms with Crippen LogP contribution < -0.4 is 5.48 Å². The summed E-state index contributed by atoms with van der Waals surface area (Å²) in [6.45, 7) is 8.47. The molecule has 3 heteroatoms. The highest BCUT2D eigenvalue weighted by molar-refractivity contribution is 5.55. The molecule has 0 fully saturated rings. The van der Waals surface area contributed by atoms with Crippen LogP contribution in [0.3, 0.4) is 0 Å². The predicted octanol–water partition coefficient (Wildman–Crippen LogP) is 3.23. The van der Waals surface area contributed by atoms with Crippen LogP contribution in [0.5, 0.6) is 0 Å². The highest BCUT2D eigenvalue weighted by Crippen LogP contribution is 2.12. The molecule has 0 saturated carbocycles. The quantitative estimate of drug-likeness (QED) is 0.355. The van der Waals surface area contributed by atoms with E-state index < -0.39 is 0 Å². The molecule has 96 valence electrons. The zero-order valence-corrected chi connectivity index (χ0v) is 11.2. The number of aldehydes is 1. The molecular weight excluding hydrogens is 202 g/mol. The van der Waals surface area contributed by atoms with E-state index in [-0.39, 0.29) is 11.6 Å². The molecule has 0 spiro atoms. The highest BCUT2D eigenvalue weighted by atomic mass is 16.7. The van der Waals surface area contributed by atoms with Gasteiger partial charge >= 0.3 is 0 Å². The molecule has 3 nitrogen and oxygen atoms in total. The molecular formula is C13H27NO2. The average Bonchev–Trinajstić information content (AvgIpc) is 2.23. The van der Waals surface area contributed by atoms with Crippen molar-refractivity contribution in [1.29, 1.82) is 0 Å². The number of hydrogen-bond donors (Lipinski definition) is 1. The first-order valence-electron chi connectivity index (χ1n) is 6.43. The van der Waals surface area contributed by atoms with Gasteiger partial charge in [0.15, 0.2) is 6.29 Å². The number of hydroxylamine groups is 1. The van der Waals surface area contributed by atoms with Gasteiger partial charge in [-0.1, -0.05) is 39.5 Å². The summed E-state index contributed by atoms with van der Waals surface area (Å²) < 4.78 is 0. The van der Waals surface area contributed by atoms with Gasteiger partial charge in [0.2, 0.25) is 0 Å². The lowest BCUT2D eigenvalue weighted by Gasteiger charge is -2.26. The van der Waals surface area contributed by atoms with Crippen molar-refractivity contribution in [3.05, 3.63) is 0 Å². The normalized spacial score (nSPS) is 13.8. The predicted molar refractivity (Wildman–Crippen MR) is 67.2 cm³/mol. The van der Waals surface area contributed by atoms with Gasteiger partial charge in [-0.05, 0) is 26.7 Å². The molecule has 0 aromatic rings. The fourth-order valence-corrected chi connectivity index (χ4v) is 1.66. The first-order valence-corrected chi connectivity index (χ1v) is 6.43. The van der Waals surface area contributed by atoms with Crippen molar-refractivity contribution in [3.63, 3.8) is 0 Å². The van der Waals surface area contributed by atoms with Gasteiger partial charge in [0, 0.05) is 5.54 Å². The zero-order valence-electron chi connectivity index (χ0n) is 11.2. The van der Waals surface area contributed by atoms with Crippen molar-refractivity contribution in [2.45, 2.75) is 77.9 Å². The molecule has 16 heavy (non-hydrogen) atoms. The van der Waals surface area contributed by atoms with Crippen molar-refractivity contribution < 1.29 is 9.63 Å². The first kappa shape index (κ1) is 15.6. The Morgan fingerprint density at radius 3 is 2.44 bits per heavy atom. The molecule has 0 rings (SSSR count). The van der Waals surface area contributed by atoms with E-state index in [2.05, 4.69) is 33.2 Å². The fourth-order valence-electron chi connectivity index (χ4n) is 1.66. The van der Waals surface area contributed by atoms with Crippen molar-refractivity contribution >= 4 is 6.29 Å². The van der Waals surface area contributed by atoms with Crippen LogP contribution in [0, 0.1) is 0 Å². The van der Waals surface area contributed by atoms with Crippen molar-refractivity contribution in [1.82, 2.24) is 5.48 Å². The Morgan fingerprint density at radius 2 is 1.94 bits per heavy atom. The number of rotatable bonds is 10. The van der Waals surface area contributed by atoms with Gasteiger partial charge < -0.3 is 4.79 Å². The molecule has 0 bridgehead atoms. The zero-order chi connectivity index (χ0) is 12.4. The van der Waals surface area contributed by atoms with E-state index in [4.69, 9.17) is 4.84 Å². The van der Waals surface area contributed by atoms with Gasteiger partial charge in [0.05, 0.1) is 0 Å². The van der Waals surface area contributed by atoms with E-state index in [0.29, 0.717) is 0 Å². The largest absolute Gasteiger partial charge is 0.300 e. The smallest absolute Gasteiger partial charge is 0.150 e. The number of nitrogens with one attached hydrogen (secondary N) is 1. The monoisotopic (exact) mass is 229 g/mol. The third-order valence-corrected chi connectivity index (χ3v) is 2.61. The molecule has 0 heterocycles. The minimum Gasteiger partial charge on any atom is -0.300 e. The van der Waals surface area contributed by atoms with Crippen LogP contribution in [-0.2, 0) is 9.63 Å². The van der Waals surface area contributed by atoms with Crippen LogP contribution in [-0.4, -0.2) is 17.9 Å². The summed E-state index contributed by atoms with van der Waals surface area (Å²) in [5.41, 5.74) is 2.95. The van der Waals surface area contributed by atoms with Gasteiger partial charge in [-0.25, -0.2) is 0 Å².